The molecule has 0 aliphatic carbocycles. The third kappa shape index (κ3) is 7.00. The number of ether oxygens (including phenoxy) is 1. The second-order valence-electron chi connectivity index (χ2n) is 7.88. The monoisotopic (exact) mass is 312 g/mol. The maximum absolute atomic E-state index is 11.8. The number of hydrogen-bond acceptors (Lipinski definition) is 3. The number of likely N-dealkylation sites (tertiary alicyclic amines) is 1. The van der Waals surface area contributed by atoms with Gasteiger partial charge in [0.05, 0.1) is 12.1 Å². The molecule has 1 fully saturated rings. The molecule has 1 amide bonds. The van der Waals surface area contributed by atoms with Crippen molar-refractivity contribution in [1.29, 1.82) is 0 Å². The molecule has 1 unspecified atom stereocenters. The Morgan fingerprint density at radius 2 is 2.00 bits per heavy atom. The second kappa shape index (κ2) is 7.20. The Morgan fingerprint density at radius 1 is 1.36 bits per heavy atom. The first-order valence-corrected chi connectivity index (χ1v) is 8.04. The van der Waals surface area contributed by atoms with E-state index in [-0.39, 0.29) is 0 Å². The molecule has 0 aromatic carbocycles. The molecule has 22 heavy (non-hydrogen) atoms. The molecule has 1 heterocycles. The van der Waals surface area contributed by atoms with Crippen molar-refractivity contribution in [3.8, 4) is 0 Å². The van der Waals surface area contributed by atoms with Crippen LogP contribution in [-0.2, 0) is 4.74 Å². The number of nitrogens with two attached hydrogens (primary N) is 1. The number of rotatable bonds is 3. The molecule has 0 bridgehead atoms. The topological polar surface area (TPSA) is 80.0 Å². The van der Waals surface area contributed by atoms with Gasteiger partial charge in [-0.1, -0.05) is 6.92 Å². The lowest BCUT2D eigenvalue weighted by Crippen LogP contribution is -2.49. The second-order valence-corrected chi connectivity index (χ2v) is 7.88. The molecular weight excluding hydrogens is 280 g/mol. The highest BCUT2D eigenvalue weighted by atomic mass is 16.6. The molecule has 0 spiro atoms. The highest BCUT2D eigenvalue weighted by Crippen LogP contribution is 2.15. The molecule has 1 rings (SSSR count). The average molecular weight is 312 g/mol. The molecule has 128 valence electrons. The largest absolute Gasteiger partial charge is 0.444 e. The van der Waals surface area contributed by atoms with E-state index in [0.29, 0.717) is 18.4 Å². The van der Waals surface area contributed by atoms with Crippen molar-refractivity contribution in [3.63, 3.8) is 0 Å². The van der Waals surface area contributed by atoms with Gasteiger partial charge in [-0.3, -0.25) is 4.99 Å². The molecule has 0 radical (unpaired) electrons. The fourth-order valence-corrected chi connectivity index (χ4v) is 2.40. The van der Waals surface area contributed by atoms with Crippen LogP contribution in [-0.4, -0.2) is 47.7 Å². The first kappa shape index (κ1) is 18.6. The Hall–Kier alpha value is -1.46. The number of aliphatic imine (C=N–C) groups is 1. The van der Waals surface area contributed by atoms with Crippen LogP contribution < -0.4 is 11.1 Å². The summed E-state index contributed by atoms with van der Waals surface area (Å²) in [6, 6.07) is 0. The summed E-state index contributed by atoms with van der Waals surface area (Å²) in [5, 5.41) is 2.84. The molecule has 0 aromatic heterocycles. The number of guanidine groups is 1. The number of nitrogens with zero attached hydrogens (tertiary/aromatic N) is 2. The highest BCUT2D eigenvalue weighted by molar-refractivity contribution is 5.78. The van der Waals surface area contributed by atoms with Gasteiger partial charge in [0.1, 0.15) is 5.60 Å². The van der Waals surface area contributed by atoms with Crippen molar-refractivity contribution < 1.29 is 9.53 Å². The number of alkyl carbamates (subject to hydrolysis) is 1. The van der Waals surface area contributed by atoms with E-state index in [1.807, 2.05) is 34.6 Å². The normalized spacial score (nSPS) is 20.7. The SMILES string of the molecule is CC1CCCN(C(N)=NCC(C)(C)NC(=O)OC(C)(C)C)C1. The summed E-state index contributed by atoms with van der Waals surface area (Å²) in [5.74, 6) is 1.21. The summed E-state index contributed by atoms with van der Waals surface area (Å²) in [5.41, 5.74) is 5.07. The van der Waals surface area contributed by atoms with Gasteiger partial charge in [0.2, 0.25) is 0 Å². The maximum Gasteiger partial charge on any atom is 0.408 e. The van der Waals surface area contributed by atoms with Crippen LogP contribution in [0.1, 0.15) is 54.4 Å². The third-order valence-corrected chi connectivity index (χ3v) is 3.46. The third-order valence-electron chi connectivity index (χ3n) is 3.46. The van der Waals surface area contributed by atoms with Crippen molar-refractivity contribution in [2.45, 2.75) is 65.5 Å². The van der Waals surface area contributed by atoms with E-state index in [4.69, 9.17) is 10.5 Å². The summed E-state index contributed by atoms with van der Waals surface area (Å²) in [6.07, 6.45) is 1.96. The van der Waals surface area contributed by atoms with Crippen LogP contribution in [0.5, 0.6) is 0 Å². The van der Waals surface area contributed by atoms with Gasteiger partial charge in [0.15, 0.2) is 5.96 Å². The predicted octanol–water partition coefficient (Wildman–Crippen LogP) is 2.34. The Bertz CT molecular complexity index is 413. The number of nitrogens with one attached hydrogen (secondary N) is 1. The van der Waals surface area contributed by atoms with Gasteiger partial charge in [-0.2, -0.15) is 0 Å². The van der Waals surface area contributed by atoms with Crippen molar-refractivity contribution in [2.75, 3.05) is 19.6 Å². The van der Waals surface area contributed by atoms with Crippen LogP contribution in [0.4, 0.5) is 4.79 Å². The minimum absolute atomic E-state index is 0.420. The van der Waals surface area contributed by atoms with E-state index in [2.05, 4.69) is 22.1 Å². The summed E-state index contributed by atoms with van der Waals surface area (Å²) >= 11 is 0. The lowest BCUT2D eigenvalue weighted by atomic mass is 10.0. The number of amides is 1. The van der Waals surface area contributed by atoms with Gasteiger partial charge in [-0.25, -0.2) is 4.79 Å². The number of carbonyl (C=O) groups is 1. The standard InChI is InChI=1S/C16H32N4O2/c1-12-8-7-9-20(10-12)13(17)18-11-16(5,6)19-14(21)22-15(2,3)4/h12H,7-11H2,1-6H3,(H2,17,18)(H,19,21). The van der Waals surface area contributed by atoms with Crippen LogP contribution in [0.2, 0.25) is 0 Å². The van der Waals surface area contributed by atoms with E-state index in [9.17, 15) is 4.79 Å². The molecule has 0 saturated carbocycles. The van der Waals surface area contributed by atoms with E-state index in [1.54, 1.807) is 0 Å². The first-order valence-electron chi connectivity index (χ1n) is 8.04. The van der Waals surface area contributed by atoms with Crippen LogP contribution >= 0.6 is 0 Å². The predicted molar refractivity (Wildman–Crippen MR) is 89.9 cm³/mol. The molecule has 6 nitrogen and oxygen atoms in total. The average Bonchev–Trinajstić information content (AvgIpc) is 2.33. The van der Waals surface area contributed by atoms with Gasteiger partial charge >= 0.3 is 6.09 Å². The van der Waals surface area contributed by atoms with Crippen molar-refractivity contribution >= 4 is 12.1 Å². The van der Waals surface area contributed by atoms with Crippen molar-refractivity contribution in [2.24, 2.45) is 16.6 Å². The summed E-state index contributed by atoms with van der Waals surface area (Å²) < 4.78 is 5.27. The molecule has 1 aliphatic heterocycles. The van der Waals surface area contributed by atoms with Crippen molar-refractivity contribution in [1.82, 2.24) is 10.2 Å². The van der Waals surface area contributed by atoms with E-state index >= 15 is 0 Å². The molecule has 1 aliphatic rings. The zero-order valence-corrected chi connectivity index (χ0v) is 14.9. The minimum atomic E-state index is -0.508. The molecule has 0 aromatic rings. The Kier molecular flexibility index (Phi) is 6.08. The maximum atomic E-state index is 11.8. The van der Waals surface area contributed by atoms with Crippen molar-refractivity contribution in [3.05, 3.63) is 0 Å². The number of piperidine rings is 1. The van der Waals surface area contributed by atoms with Crippen LogP contribution in [0.15, 0.2) is 4.99 Å². The van der Waals surface area contributed by atoms with Gasteiger partial charge in [0.25, 0.3) is 0 Å². The fourth-order valence-electron chi connectivity index (χ4n) is 2.40. The van der Waals surface area contributed by atoms with Crippen LogP contribution in [0, 0.1) is 5.92 Å². The zero-order chi connectivity index (χ0) is 17.0. The van der Waals surface area contributed by atoms with Gasteiger partial charge in [-0.15, -0.1) is 0 Å². The molecule has 6 heteroatoms. The lowest BCUT2D eigenvalue weighted by molar-refractivity contribution is 0.0476. The van der Waals surface area contributed by atoms with E-state index in [0.717, 1.165) is 19.5 Å². The molecule has 3 N–H and O–H groups in total. The number of hydrogen-bond donors (Lipinski definition) is 2. The smallest absolute Gasteiger partial charge is 0.408 e. The zero-order valence-electron chi connectivity index (χ0n) is 14.9. The van der Waals surface area contributed by atoms with E-state index in [1.165, 1.54) is 6.42 Å². The number of carbonyl (C=O) groups excluding carboxylic acids is 1. The first-order chi connectivity index (χ1) is 9.98. The van der Waals surface area contributed by atoms with E-state index < -0.39 is 17.2 Å². The minimum Gasteiger partial charge on any atom is -0.444 e. The molecule has 1 saturated heterocycles. The Labute approximate surface area is 134 Å². The van der Waals surface area contributed by atoms with Crippen LogP contribution in [0.25, 0.3) is 0 Å². The summed E-state index contributed by atoms with van der Waals surface area (Å²) in [6.45, 7) is 13.9. The molecule has 1 atom stereocenters. The summed E-state index contributed by atoms with van der Waals surface area (Å²) in [7, 11) is 0. The van der Waals surface area contributed by atoms with Gasteiger partial charge in [-0.05, 0) is 53.4 Å². The quantitative estimate of drug-likeness (QED) is 0.619. The lowest BCUT2D eigenvalue weighted by Gasteiger charge is -2.32. The van der Waals surface area contributed by atoms with Gasteiger partial charge < -0.3 is 20.7 Å². The van der Waals surface area contributed by atoms with Crippen LogP contribution in [0.3, 0.4) is 0 Å². The Balaban J connectivity index is 2.52. The van der Waals surface area contributed by atoms with Gasteiger partial charge in [0, 0.05) is 13.1 Å². The fraction of sp³-hybridized carbons (Fsp3) is 0.875. The Morgan fingerprint density at radius 3 is 2.55 bits per heavy atom. The summed E-state index contributed by atoms with van der Waals surface area (Å²) in [4.78, 5) is 18.4. The molecular formula is C16H32N4O2. The highest BCUT2D eigenvalue weighted by Gasteiger charge is 2.25.